The fourth-order valence-corrected chi connectivity index (χ4v) is 2.56. The molecule has 3 aromatic rings. The summed E-state index contributed by atoms with van der Waals surface area (Å²) in [4.78, 5) is 20.4. The van der Waals surface area contributed by atoms with Gasteiger partial charge in [0.25, 0.3) is 5.91 Å². The predicted molar refractivity (Wildman–Crippen MR) is 101 cm³/mol. The maximum absolute atomic E-state index is 12.2. The molecule has 0 fully saturated rings. The molecule has 0 saturated carbocycles. The van der Waals surface area contributed by atoms with Gasteiger partial charge in [-0.15, -0.1) is 0 Å². The van der Waals surface area contributed by atoms with E-state index in [4.69, 9.17) is 28.5 Å². The van der Waals surface area contributed by atoms with Gasteiger partial charge in [0.2, 0.25) is 5.95 Å². The Hall–Kier alpha value is -3.14. The van der Waals surface area contributed by atoms with Crippen molar-refractivity contribution in [2.75, 3.05) is 10.6 Å². The van der Waals surface area contributed by atoms with E-state index in [0.29, 0.717) is 27.0 Å². The minimum Gasteiger partial charge on any atom is -0.322 e. The first kappa shape index (κ1) is 17.7. The lowest BCUT2D eigenvalue weighted by atomic mass is 10.2. The molecule has 1 aromatic heterocycles. The molecule has 0 radical (unpaired) electrons. The lowest BCUT2D eigenvalue weighted by molar-refractivity contribution is 0.102. The number of carbonyl (C=O) groups excluding carboxylic acids is 1. The Morgan fingerprint density at radius 2 is 1.62 bits per heavy atom. The Morgan fingerprint density at radius 1 is 1.00 bits per heavy atom. The quantitative estimate of drug-likeness (QED) is 0.683. The molecular weight excluding hydrogens is 373 g/mol. The van der Waals surface area contributed by atoms with Crippen molar-refractivity contribution in [2.45, 2.75) is 0 Å². The number of rotatable bonds is 4. The Labute approximate surface area is 159 Å². The van der Waals surface area contributed by atoms with Crippen LogP contribution in [0.1, 0.15) is 15.9 Å². The van der Waals surface area contributed by atoms with E-state index in [2.05, 4.69) is 20.6 Å². The van der Waals surface area contributed by atoms with Crippen LogP contribution in [0.25, 0.3) is 0 Å². The average Bonchev–Trinajstić information content (AvgIpc) is 2.66. The molecule has 1 heterocycles. The number of nitriles is 1. The summed E-state index contributed by atoms with van der Waals surface area (Å²) in [5, 5.41) is 15.3. The second-order valence-corrected chi connectivity index (χ2v) is 5.97. The highest BCUT2D eigenvalue weighted by molar-refractivity contribution is 6.39. The maximum atomic E-state index is 12.2. The Kier molecular flexibility index (Phi) is 5.32. The standard InChI is InChI=1S/C18H11Cl2N5O/c19-14-2-1-3-15(20)16(14)25-18-22-9-12(10-23-18)17(26)24-13-6-4-11(8-21)5-7-13/h1-7,9-10H,(H,24,26)(H,22,23,25). The molecule has 8 heteroatoms. The number of anilines is 3. The van der Waals surface area contributed by atoms with Crippen molar-refractivity contribution < 1.29 is 4.79 Å². The van der Waals surface area contributed by atoms with E-state index in [9.17, 15) is 4.79 Å². The van der Waals surface area contributed by atoms with E-state index in [1.54, 1.807) is 42.5 Å². The molecule has 26 heavy (non-hydrogen) atoms. The summed E-state index contributed by atoms with van der Waals surface area (Å²) in [5.41, 5.74) is 1.86. The van der Waals surface area contributed by atoms with Crippen molar-refractivity contribution in [2.24, 2.45) is 0 Å². The number of nitrogens with zero attached hydrogens (tertiary/aromatic N) is 3. The first-order valence-electron chi connectivity index (χ1n) is 7.41. The molecule has 3 rings (SSSR count). The highest BCUT2D eigenvalue weighted by Gasteiger charge is 2.10. The minimum atomic E-state index is -0.364. The SMILES string of the molecule is N#Cc1ccc(NC(=O)c2cnc(Nc3c(Cl)cccc3Cl)nc2)cc1. The van der Waals surface area contributed by atoms with Crippen molar-refractivity contribution in [1.82, 2.24) is 9.97 Å². The summed E-state index contributed by atoms with van der Waals surface area (Å²) in [6.45, 7) is 0. The van der Waals surface area contributed by atoms with Gasteiger partial charge in [0.15, 0.2) is 0 Å². The number of hydrogen-bond acceptors (Lipinski definition) is 5. The first-order valence-corrected chi connectivity index (χ1v) is 8.17. The van der Waals surface area contributed by atoms with E-state index < -0.39 is 0 Å². The maximum Gasteiger partial charge on any atom is 0.258 e. The molecule has 1 amide bonds. The van der Waals surface area contributed by atoms with Crippen molar-refractivity contribution in [3.05, 3.63) is 76.0 Å². The average molecular weight is 384 g/mol. The molecule has 0 spiro atoms. The lowest BCUT2D eigenvalue weighted by Gasteiger charge is -2.09. The van der Waals surface area contributed by atoms with Crippen LogP contribution in [-0.2, 0) is 0 Å². The van der Waals surface area contributed by atoms with Gasteiger partial charge in [0, 0.05) is 18.1 Å². The summed E-state index contributed by atoms with van der Waals surface area (Å²) < 4.78 is 0. The second-order valence-electron chi connectivity index (χ2n) is 5.16. The van der Waals surface area contributed by atoms with Gasteiger partial charge in [-0.1, -0.05) is 29.3 Å². The second kappa shape index (κ2) is 7.83. The largest absolute Gasteiger partial charge is 0.322 e. The molecule has 0 aliphatic heterocycles. The van der Waals surface area contributed by atoms with Gasteiger partial charge >= 0.3 is 0 Å². The van der Waals surface area contributed by atoms with Gasteiger partial charge in [0.05, 0.1) is 32.9 Å². The first-order chi connectivity index (χ1) is 12.6. The van der Waals surface area contributed by atoms with Gasteiger partial charge in [-0.3, -0.25) is 4.79 Å². The molecule has 0 bridgehead atoms. The van der Waals surface area contributed by atoms with Crippen LogP contribution in [0.2, 0.25) is 10.0 Å². The van der Waals surface area contributed by atoms with Crippen molar-refractivity contribution >= 4 is 46.4 Å². The molecule has 2 N–H and O–H groups in total. The van der Waals surface area contributed by atoms with Crippen molar-refractivity contribution in [3.63, 3.8) is 0 Å². The fraction of sp³-hybridized carbons (Fsp3) is 0. The summed E-state index contributed by atoms with van der Waals surface area (Å²) >= 11 is 12.2. The zero-order valence-electron chi connectivity index (χ0n) is 13.2. The lowest BCUT2D eigenvalue weighted by Crippen LogP contribution is -2.13. The molecule has 0 saturated heterocycles. The molecule has 0 aliphatic carbocycles. The monoisotopic (exact) mass is 383 g/mol. The third-order valence-corrected chi connectivity index (χ3v) is 4.02. The molecule has 0 unspecified atom stereocenters. The van der Waals surface area contributed by atoms with Gasteiger partial charge in [-0.2, -0.15) is 5.26 Å². The van der Waals surface area contributed by atoms with Gasteiger partial charge < -0.3 is 10.6 Å². The molecule has 0 atom stereocenters. The third-order valence-electron chi connectivity index (χ3n) is 3.39. The van der Waals surface area contributed by atoms with E-state index in [1.165, 1.54) is 12.4 Å². The number of benzene rings is 2. The number of hydrogen-bond donors (Lipinski definition) is 2. The smallest absolute Gasteiger partial charge is 0.258 e. The molecular formula is C18H11Cl2N5O. The summed E-state index contributed by atoms with van der Waals surface area (Å²) in [5.74, 6) is -0.105. The summed E-state index contributed by atoms with van der Waals surface area (Å²) in [7, 11) is 0. The number of halogens is 2. The van der Waals surface area contributed by atoms with Crippen LogP contribution in [-0.4, -0.2) is 15.9 Å². The van der Waals surface area contributed by atoms with E-state index in [0.717, 1.165) is 0 Å². The Bertz CT molecular complexity index is 962. The minimum absolute atomic E-state index is 0.259. The normalized spacial score (nSPS) is 10.0. The van der Waals surface area contributed by atoms with Crippen LogP contribution in [0.15, 0.2) is 54.9 Å². The fourth-order valence-electron chi connectivity index (χ4n) is 2.07. The number of aromatic nitrogens is 2. The molecule has 128 valence electrons. The van der Waals surface area contributed by atoms with Crippen molar-refractivity contribution in [3.8, 4) is 6.07 Å². The molecule has 2 aromatic carbocycles. The Balaban J connectivity index is 1.70. The molecule has 6 nitrogen and oxygen atoms in total. The van der Waals surface area contributed by atoms with E-state index >= 15 is 0 Å². The highest BCUT2D eigenvalue weighted by atomic mass is 35.5. The Morgan fingerprint density at radius 3 is 2.19 bits per heavy atom. The van der Waals surface area contributed by atoms with Crippen LogP contribution in [0, 0.1) is 11.3 Å². The van der Waals surface area contributed by atoms with Crippen LogP contribution in [0.5, 0.6) is 0 Å². The highest BCUT2D eigenvalue weighted by Crippen LogP contribution is 2.31. The molecule has 0 aliphatic rings. The zero-order chi connectivity index (χ0) is 18.5. The summed E-state index contributed by atoms with van der Waals surface area (Å²) in [6, 6.07) is 13.6. The van der Waals surface area contributed by atoms with Gasteiger partial charge in [-0.25, -0.2) is 9.97 Å². The van der Waals surface area contributed by atoms with E-state index in [-0.39, 0.29) is 17.4 Å². The predicted octanol–water partition coefficient (Wildman–Crippen LogP) is 4.65. The van der Waals surface area contributed by atoms with Crippen LogP contribution in [0.4, 0.5) is 17.3 Å². The number of amides is 1. The number of carbonyl (C=O) groups is 1. The number of nitrogens with one attached hydrogen (secondary N) is 2. The van der Waals surface area contributed by atoms with Gasteiger partial charge in [-0.05, 0) is 36.4 Å². The van der Waals surface area contributed by atoms with E-state index in [1.807, 2.05) is 6.07 Å². The zero-order valence-corrected chi connectivity index (χ0v) is 14.7. The third kappa shape index (κ3) is 4.09. The van der Waals surface area contributed by atoms with Crippen LogP contribution >= 0.6 is 23.2 Å². The van der Waals surface area contributed by atoms with Crippen LogP contribution in [0.3, 0.4) is 0 Å². The van der Waals surface area contributed by atoms with Crippen LogP contribution < -0.4 is 10.6 Å². The summed E-state index contributed by atoms with van der Waals surface area (Å²) in [6.07, 6.45) is 2.78. The topological polar surface area (TPSA) is 90.7 Å². The van der Waals surface area contributed by atoms with Crippen molar-refractivity contribution in [1.29, 1.82) is 5.26 Å². The number of para-hydroxylation sites is 1. The van der Waals surface area contributed by atoms with Gasteiger partial charge in [0.1, 0.15) is 0 Å².